The van der Waals surface area contributed by atoms with Crippen LogP contribution in [0, 0.1) is 11.7 Å². The van der Waals surface area contributed by atoms with Crippen molar-refractivity contribution < 1.29 is 18.3 Å². The first kappa shape index (κ1) is 24.4. The van der Waals surface area contributed by atoms with Crippen LogP contribution in [-0.4, -0.2) is 28.9 Å². The Morgan fingerprint density at radius 2 is 1.89 bits per heavy atom. The molecule has 38 heavy (non-hydrogen) atoms. The fraction of sp³-hybridized carbons (Fsp3) is 0.290. The van der Waals surface area contributed by atoms with Crippen LogP contribution >= 0.6 is 0 Å². The third kappa shape index (κ3) is 5.48. The summed E-state index contributed by atoms with van der Waals surface area (Å²) in [6.07, 6.45) is 4.59. The molecular weight excluding hydrogens is 481 g/mol. The van der Waals surface area contributed by atoms with Gasteiger partial charge in [0.05, 0.1) is 6.04 Å². The number of nitrogens with zero attached hydrogens (tertiary/aromatic N) is 2. The van der Waals surface area contributed by atoms with Gasteiger partial charge in [-0.3, -0.25) is 9.69 Å². The smallest absolute Gasteiger partial charge is 0.273 e. The zero-order chi connectivity index (χ0) is 25.9. The number of benzene rings is 3. The van der Waals surface area contributed by atoms with Gasteiger partial charge in [0.15, 0.2) is 12.3 Å². The van der Waals surface area contributed by atoms with Crippen LogP contribution in [0.1, 0.15) is 57.5 Å². The summed E-state index contributed by atoms with van der Waals surface area (Å²) in [7, 11) is 0. The molecule has 0 unspecified atom stereocenters. The van der Waals surface area contributed by atoms with Gasteiger partial charge >= 0.3 is 0 Å². The first-order valence-electron chi connectivity index (χ1n) is 13.1. The molecule has 1 fully saturated rings. The van der Waals surface area contributed by atoms with Gasteiger partial charge in [-0.1, -0.05) is 54.6 Å². The number of oxazole rings is 1. The second-order valence-corrected chi connectivity index (χ2v) is 10.1. The number of nitrogens with one attached hydrogen (secondary N) is 1. The molecule has 0 saturated heterocycles. The van der Waals surface area contributed by atoms with Crippen molar-refractivity contribution in [2.24, 2.45) is 5.92 Å². The van der Waals surface area contributed by atoms with Crippen LogP contribution < -0.4 is 10.1 Å². The number of hydrogen-bond donors (Lipinski definition) is 1. The van der Waals surface area contributed by atoms with Gasteiger partial charge in [0, 0.05) is 25.2 Å². The van der Waals surface area contributed by atoms with Gasteiger partial charge in [-0.25, -0.2) is 9.37 Å². The van der Waals surface area contributed by atoms with Crippen molar-refractivity contribution in [3.05, 3.63) is 119 Å². The molecule has 1 amide bonds. The highest BCUT2D eigenvalue weighted by atomic mass is 19.1. The molecular formula is C31H30FN3O3. The molecule has 2 heterocycles. The van der Waals surface area contributed by atoms with Crippen molar-refractivity contribution in [2.75, 3.05) is 13.1 Å². The van der Waals surface area contributed by atoms with Gasteiger partial charge in [-0.05, 0) is 60.1 Å². The van der Waals surface area contributed by atoms with Crippen molar-refractivity contribution in [3.8, 4) is 5.75 Å². The van der Waals surface area contributed by atoms with Crippen LogP contribution in [0.3, 0.4) is 0 Å². The maximum Gasteiger partial charge on any atom is 0.273 e. The summed E-state index contributed by atoms with van der Waals surface area (Å²) < 4.78 is 26.1. The third-order valence-electron chi connectivity index (χ3n) is 7.29. The molecule has 7 heteroatoms. The van der Waals surface area contributed by atoms with Crippen LogP contribution in [0.25, 0.3) is 0 Å². The van der Waals surface area contributed by atoms with Crippen LogP contribution in [0.15, 0.2) is 83.5 Å². The van der Waals surface area contributed by atoms with E-state index in [2.05, 4.69) is 39.5 Å². The Bertz CT molecular complexity index is 1420. The number of aromatic nitrogens is 1. The van der Waals surface area contributed by atoms with E-state index >= 15 is 0 Å². The minimum Gasteiger partial charge on any atom is -0.484 e. The lowest BCUT2D eigenvalue weighted by Gasteiger charge is -2.38. The topological polar surface area (TPSA) is 67.6 Å². The zero-order valence-electron chi connectivity index (χ0n) is 21.1. The lowest BCUT2D eigenvalue weighted by molar-refractivity contribution is 0.0946. The molecule has 194 valence electrons. The van der Waals surface area contributed by atoms with Crippen LogP contribution in [-0.2, 0) is 19.6 Å². The van der Waals surface area contributed by atoms with E-state index in [-0.39, 0.29) is 30.1 Å². The van der Waals surface area contributed by atoms with Gasteiger partial charge in [0.1, 0.15) is 17.8 Å². The van der Waals surface area contributed by atoms with E-state index in [1.165, 1.54) is 30.7 Å². The number of fused-ring (bicyclic) bond motifs is 1. The van der Waals surface area contributed by atoms with Crippen LogP contribution in [0.5, 0.6) is 5.75 Å². The summed E-state index contributed by atoms with van der Waals surface area (Å²) in [6, 6.07) is 23.4. The fourth-order valence-corrected chi connectivity index (χ4v) is 5.05. The highest BCUT2D eigenvalue weighted by molar-refractivity contribution is 5.91. The fourth-order valence-electron chi connectivity index (χ4n) is 5.05. The maximum absolute atomic E-state index is 14.5. The summed E-state index contributed by atoms with van der Waals surface area (Å²) in [5, 5.41) is 2.90. The van der Waals surface area contributed by atoms with Crippen LogP contribution in [0.2, 0.25) is 0 Å². The van der Waals surface area contributed by atoms with Gasteiger partial charge in [-0.15, -0.1) is 0 Å². The molecule has 1 atom stereocenters. The van der Waals surface area contributed by atoms with Gasteiger partial charge in [0.25, 0.3) is 5.91 Å². The largest absolute Gasteiger partial charge is 0.484 e. The number of carbonyl (C=O) groups excluding carboxylic acids is 1. The maximum atomic E-state index is 14.5. The molecule has 1 aromatic heterocycles. The molecule has 1 saturated carbocycles. The second-order valence-electron chi connectivity index (χ2n) is 10.1. The van der Waals surface area contributed by atoms with E-state index < -0.39 is 0 Å². The Labute approximate surface area is 221 Å². The van der Waals surface area contributed by atoms with Gasteiger partial charge in [-0.2, -0.15) is 0 Å². The molecule has 1 aliphatic carbocycles. The van der Waals surface area contributed by atoms with E-state index in [1.807, 2.05) is 36.4 Å². The molecule has 6 rings (SSSR count). The normalized spacial score (nSPS) is 17.1. The molecule has 0 bridgehead atoms. The molecule has 4 aromatic rings. The predicted octanol–water partition coefficient (Wildman–Crippen LogP) is 5.68. The summed E-state index contributed by atoms with van der Waals surface area (Å²) >= 11 is 0. The molecule has 2 aliphatic rings. The van der Waals surface area contributed by atoms with E-state index in [9.17, 15) is 9.18 Å². The predicted molar refractivity (Wildman–Crippen MR) is 141 cm³/mol. The minimum absolute atomic E-state index is 0.0355. The Balaban J connectivity index is 1.20. The van der Waals surface area contributed by atoms with Crippen molar-refractivity contribution in [3.63, 3.8) is 0 Å². The second kappa shape index (κ2) is 10.8. The monoisotopic (exact) mass is 511 g/mol. The molecule has 1 aliphatic heterocycles. The van der Waals surface area contributed by atoms with Crippen molar-refractivity contribution in [1.82, 2.24) is 15.2 Å². The van der Waals surface area contributed by atoms with Crippen molar-refractivity contribution >= 4 is 5.91 Å². The number of hydrogen-bond acceptors (Lipinski definition) is 5. The Morgan fingerprint density at radius 3 is 2.71 bits per heavy atom. The standard InChI is InChI=1S/C31H30FN3O3/c32-27-9-5-4-8-24(27)18-35-15-14-22-12-13-25(16-26(22)30(35)23-6-2-1-3-7-23)37-20-29-34-28(19-38-29)31(36)33-17-21-10-11-21/h1-9,12-13,16,19,21,30H,10-11,14-15,17-18,20H2,(H,33,36)/t30-/m0/s1. The summed E-state index contributed by atoms with van der Waals surface area (Å²) in [5.74, 6) is 1.23. The highest BCUT2D eigenvalue weighted by Gasteiger charge is 2.30. The van der Waals surface area contributed by atoms with Gasteiger partial charge in [0.2, 0.25) is 5.89 Å². The summed E-state index contributed by atoms with van der Waals surface area (Å²) in [4.78, 5) is 18.9. The number of halogens is 1. The van der Waals surface area contributed by atoms with Crippen LogP contribution in [0.4, 0.5) is 4.39 Å². The SMILES string of the molecule is O=C(NCC1CC1)c1coc(COc2ccc3c(c2)[C@H](c2ccccc2)N(Cc2ccccc2F)CC3)n1. The summed E-state index contributed by atoms with van der Waals surface area (Å²) in [5.41, 5.74) is 4.50. The summed E-state index contributed by atoms with van der Waals surface area (Å²) in [6.45, 7) is 2.13. The molecule has 3 aromatic carbocycles. The van der Waals surface area contributed by atoms with Gasteiger partial charge < -0.3 is 14.5 Å². The molecule has 0 radical (unpaired) electrons. The first-order valence-corrected chi connectivity index (χ1v) is 13.1. The van der Waals surface area contributed by atoms with Crippen molar-refractivity contribution in [1.29, 1.82) is 0 Å². The minimum atomic E-state index is -0.221. The Hall–Kier alpha value is -3.97. The number of ether oxygens (including phenoxy) is 1. The average molecular weight is 512 g/mol. The van der Waals surface area contributed by atoms with Crippen molar-refractivity contribution in [2.45, 2.75) is 38.5 Å². The average Bonchev–Trinajstić information content (AvgIpc) is 3.66. The number of rotatable bonds is 9. The highest BCUT2D eigenvalue weighted by Crippen LogP contribution is 2.38. The van der Waals surface area contributed by atoms with E-state index in [0.29, 0.717) is 36.2 Å². The van der Waals surface area contributed by atoms with E-state index in [1.54, 1.807) is 6.07 Å². The van der Waals surface area contributed by atoms with E-state index in [0.717, 1.165) is 24.1 Å². The van der Waals surface area contributed by atoms with E-state index in [4.69, 9.17) is 9.15 Å². The molecule has 6 nitrogen and oxygen atoms in total. The quantitative estimate of drug-likeness (QED) is 0.313. The zero-order valence-corrected chi connectivity index (χ0v) is 21.1. The Kier molecular flexibility index (Phi) is 6.92. The molecule has 1 N–H and O–H groups in total. The third-order valence-corrected chi connectivity index (χ3v) is 7.29. The number of carbonyl (C=O) groups is 1. The lowest BCUT2D eigenvalue weighted by atomic mass is 9.87. The first-order chi connectivity index (χ1) is 18.6. The lowest BCUT2D eigenvalue weighted by Crippen LogP contribution is -2.36. The Morgan fingerprint density at radius 1 is 1.08 bits per heavy atom. The molecule has 0 spiro atoms. The number of amides is 1.